The molecule has 8 nitrogen and oxygen atoms in total. The molecule has 2 heterocycles. The van der Waals surface area contributed by atoms with Gasteiger partial charge in [-0.3, -0.25) is 9.59 Å². The molecule has 0 bridgehead atoms. The molecule has 0 fully saturated rings. The van der Waals surface area contributed by atoms with E-state index >= 15 is 0 Å². The smallest absolute Gasteiger partial charge is 0.338 e. The number of aromatic nitrogens is 3. The molecule has 2 aromatic heterocycles. The second-order valence-corrected chi connectivity index (χ2v) is 7.32. The van der Waals surface area contributed by atoms with E-state index < -0.39 is 5.97 Å². The summed E-state index contributed by atoms with van der Waals surface area (Å²) < 4.78 is 8.20. The second kappa shape index (κ2) is 8.52. The van der Waals surface area contributed by atoms with Gasteiger partial charge in [-0.2, -0.15) is 5.10 Å². The van der Waals surface area contributed by atoms with Crippen LogP contribution in [0.3, 0.4) is 0 Å². The Bertz CT molecular complexity index is 1160. The minimum atomic E-state index is -0.433. The summed E-state index contributed by atoms with van der Waals surface area (Å²) in [6.45, 7) is 2.29. The van der Waals surface area contributed by atoms with Gasteiger partial charge in [0, 0.05) is 36.6 Å². The quantitative estimate of drug-likeness (QED) is 0.633. The Hall–Kier alpha value is -3.42. The van der Waals surface area contributed by atoms with Gasteiger partial charge < -0.3 is 14.6 Å². The lowest BCUT2D eigenvalue weighted by molar-refractivity contribution is -0.116. The minimum Gasteiger partial charge on any atom is -0.462 e. The predicted molar refractivity (Wildman–Crippen MR) is 112 cm³/mol. The first-order valence-electron chi connectivity index (χ1n) is 10.2. The molecule has 0 aliphatic heterocycles. The summed E-state index contributed by atoms with van der Waals surface area (Å²) in [5.74, 6) is -0.670. The average molecular weight is 408 g/mol. The highest BCUT2D eigenvalue weighted by atomic mass is 16.5. The molecule has 1 aliphatic rings. The number of ether oxygens (including phenoxy) is 1. The number of esters is 1. The summed E-state index contributed by atoms with van der Waals surface area (Å²) in [6, 6.07) is 6.60. The van der Waals surface area contributed by atoms with E-state index in [0.29, 0.717) is 16.8 Å². The molecule has 8 heteroatoms. The van der Waals surface area contributed by atoms with Gasteiger partial charge in [-0.15, -0.1) is 0 Å². The van der Waals surface area contributed by atoms with Crippen LogP contribution in [0, 0.1) is 0 Å². The van der Waals surface area contributed by atoms with Gasteiger partial charge in [-0.05, 0) is 50.8 Å². The van der Waals surface area contributed by atoms with Crippen LogP contribution in [0.4, 0.5) is 5.69 Å². The normalized spacial score (nSPS) is 13.1. The average Bonchev–Trinajstić information content (AvgIpc) is 3.13. The Morgan fingerprint density at radius 1 is 1.20 bits per heavy atom. The summed E-state index contributed by atoms with van der Waals surface area (Å²) in [5.41, 5.74) is 3.44. The van der Waals surface area contributed by atoms with Crippen LogP contribution in [0.15, 0.2) is 41.5 Å². The van der Waals surface area contributed by atoms with Gasteiger partial charge >= 0.3 is 5.97 Å². The third-order valence-corrected chi connectivity index (χ3v) is 5.27. The van der Waals surface area contributed by atoms with Gasteiger partial charge in [0.1, 0.15) is 5.52 Å². The van der Waals surface area contributed by atoms with Gasteiger partial charge in [0.05, 0.1) is 17.9 Å². The van der Waals surface area contributed by atoms with Crippen molar-refractivity contribution < 1.29 is 14.3 Å². The Balaban J connectivity index is 1.45. The Labute approximate surface area is 173 Å². The number of rotatable bonds is 6. The third-order valence-electron chi connectivity index (χ3n) is 5.27. The van der Waals surface area contributed by atoms with E-state index in [0.717, 1.165) is 36.9 Å². The summed E-state index contributed by atoms with van der Waals surface area (Å²) in [6.07, 6.45) is 7.52. The van der Waals surface area contributed by atoms with Crippen LogP contribution >= 0.6 is 0 Å². The number of fused-ring (bicyclic) bond motifs is 3. The van der Waals surface area contributed by atoms with E-state index in [-0.39, 0.29) is 31.0 Å². The van der Waals surface area contributed by atoms with Gasteiger partial charge in [-0.25, -0.2) is 9.31 Å². The molecule has 1 aromatic carbocycles. The fourth-order valence-electron chi connectivity index (χ4n) is 3.82. The van der Waals surface area contributed by atoms with Crippen LogP contribution in [0.2, 0.25) is 0 Å². The molecular weight excluding hydrogens is 384 g/mol. The number of benzene rings is 1. The molecule has 3 aromatic rings. The number of carbonyl (C=O) groups excluding carboxylic acids is 2. The Morgan fingerprint density at radius 3 is 2.87 bits per heavy atom. The third kappa shape index (κ3) is 3.98. The molecular formula is C22H24N4O4. The van der Waals surface area contributed by atoms with E-state index in [4.69, 9.17) is 4.74 Å². The number of amides is 1. The molecule has 156 valence electrons. The van der Waals surface area contributed by atoms with Crippen LogP contribution < -0.4 is 10.9 Å². The first-order chi connectivity index (χ1) is 14.6. The molecule has 4 rings (SSSR count). The van der Waals surface area contributed by atoms with Crippen molar-refractivity contribution in [2.45, 2.75) is 45.6 Å². The predicted octanol–water partition coefficient (Wildman–Crippen LogP) is 2.58. The summed E-state index contributed by atoms with van der Waals surface area (Å²) >= 11 is 0. The molecule has 1 amide bonds. The molecule has 0 atom stereocenters. The number of nitrogens with zero attached hydrogens (tertiary/aromatic N) is 3. The fraction of sp³-hybridized carbons (Fsp3) is 0.364. The van der Waals surface area contributed by atoms with Crippen LogP contribution in [0.5, 0.6) is 0 Å². The van der Waals surface area contributed by atoms with Crippen molar-refractivity contribution in [1.82, 2.24) is 14.2 Å². The summed E-state index contributed by atoms with van der Waals surface area (Å²) in [4.78, 5) is 37.2. The van der Waals surface area contributed by atoms with Crippen LogP contribution in [-0.4, -0.2) is 32.7 Å². The number of carbonyl (C=O) groups is 2. The van der Waals surface area contributed by atoms with Gasteiger partial charge in [0.2, 0.25) is 5.91 Å². The van der Waals surface area contributed by atoms with E-state index in [9.17, 15) is 14.4 Å². The monoisotopic (exact) mass is 408 g/mol. The topological polar surface area (TPSA) is 94.7 Å². The number of hydrogen-bond acceptors (Lipinski definition) is 5. The summed E-state index contributed by atoms with van der Waals surface area (Å²) in [5, 5.41) is 7.30. The maximum atomic E-state index is 12.9. The fourth-order valence-corrected chi connectivity index (χ4v) is 3.82. The molecule has 0 unspecified atom stereocenters. The van der Waals surface area contributed by atoms with E-state index in [2.05, 4.69) is 10.4 Å². The van der Waals surface area contributed by atoms with Crippen molar-refractivity contribution in [3.05, 3.63) is 63.8 Å². The Kier molecular flexibility index (Phi) is 5.65. The van der Waals surface area contributed by atoms with Crippen LogP contribution in [0.25, 0.3) is 5.52 Å². The lowest BCUT2D eigenvalue weighted by Gasteiger charge is -2.10. The van der Waals surface area contributed by atoms with E-state index in [1.165, 1.54) is 0 Å². The van der Waals surface area contributed by atoms with Crippen molar-refractivity contribution in [3.63, 3.8) is 0 Å². The minimum absolute atomic E-state index is 0.120. The highest BCUT2D eigenvalue weighted by Gasteiger charge is 2.19. The van der Waals surface area contributed by atoms with Crippen molar-refractivity contribution in [1.29, 1.82) is 0 Å². The van der Waals surface area contributed by atoms with Crippen LogP contribution in [0.1, 0.15) is 47.8 Å². The molecule has 0 radical (unpaired) electrons. The first kappa shape index (κ1) is 19.9. The molecule has 1 N–H and O–H groups in total. The second-order valence-electron chi connectivity index (χ2n) is 7.32. The van der Waals surface area contributed by atoms with Crippen molar-refractivity contribution in [2.75, 3.05) is 11.9 Å². The number of nitrogens with one attached hydrogen (secondary N) is 1. The zero-order valence-electron chi connectivity index (χ0n) is 16.9. The summed E-state index contributed by atoms with van der Waals surface area (Å²) in [7, 11) is 0. The van der Waals surface area contributed by atoms with Crippen molar-refractivity contribution >= 4 is 23.1 Å². The largest absolute Gasteiger partial charge is 0.462 e. The molecule has 1 aliphatic carbocycles. The van der Waals surface area contributed by atoms with E-state index in [1.54, 1.807) is 52.7 Å². The number of aryl methyl sites for hydroxylation is 3. The maximum absolute atomic E-state index is 12.9. The lowest BCUT2D eigenvalue weighted by Crippen LogP contribution is -2.25. The molecule has 0 saturated carbocycles. The first-order valence-corrected chi connectivity index (χ1v) is 10.2. The standard InChI is InChI=1S/C22H24N4O4/c1-2-30-22(29)15-6-5-7-16(14-15)23-19(27)10-11-25-12-13-26-20(21(25)28)17-8-3-4-9-18(17)24-26/h5-7,12-14H,2-4,8-11H2,1H3,(H,23,27). The SMILES string of the molecule is CCOC(=O)c1cccc(NC(=O)CCn2ccn3nc4c(c3c2=O)CCCC4)c1. The van der Waals surface area contributed by atoms with Crippen molar-refractivity contribution in [3.8, 4) is 0 Å². The van der Waals surface area contributed by atoms with Crippen LogP contribution in [-0.2, 0) is 28.9 Å². The zero-order chi connectivity index (χ0) is 21.1. The van der Waals surface area contributed by atoms with Gasteiger partial charge in [0.15, 0.2) is 0 Å². The highest BCUT2D eigenvalue weighted by molar-refractivity contribution is 5.94. The molecule has 0 spiro atoms. The van der Waals surface area contributed by atoms with Gasteiger partial charge in [-0.1, -0.05) is 6.07 Å². The maximum Gasteiger partial charge on any atom is 0.338 e. The van der Waals surface area contributed by atoms with Crippen molar-refractivity contribution in [2.24, 2.45) is 0 Å². The van der Waals surface area contributed by atoms with Gasteiger partial charge in [0.25, 0.3) is 5.56 Å². The number of anilines is 1. The lowest BCUT2D eigenvalue weighted by atomic mass is 9.97. The highest BCUT2D eigenvalue weighted by Crippen LogP contribution is 2.22. The molecule has 0 saturated heterocycles. The zero-order valence-corrected chi connectivity index (χ0v) is 16.9. The molecule has 30 heavy (non-hydrogen) atoms. The van der Waals surface area contributed by atoms with E-state index in [1.807, 2.05) is 0 Å². The number of hydrogen-bond donors (Lipinski definition) is 1. The Morgan fingerprint density at radius 2 is 2.03 bits per heavy atom.